The first-order valence-electron chi connectivity index (χ1n) is 10.7. The minimum absolute atomic E-state index is 0.108. The van der Waals surface area contributed by atoms with Gasteiger partial charge in [0.1, 0.15) is 0 Å². The normalized spacial score (nSPS) is 15.9. The van der Waals surface area contributed by atoms with Crippen molar-refractivity contribution >= 4 is 50.9 Å². The van der Waals surface area contributed by atoms with Crippen LogP contribution in [0.15, 0.2) is 74.1 Å². The summed E-state index contributed by atoms with van der Waals surface area (Å²) in [5, 5.41) is 0.596. The Labute approximate surface area is 209 Å². The molecule has 3 aromatic rings. The van der Waals surface area contributed by atoms with E-state index in [1.54, 1.807) is 21.6 Å². The predicted molar refractivity (Wildman–Crippen MR) is 137 cm³/mol. The Morgan fingerprint density at radius 2 is 1.79 bits per heavy atom. The van der Waals surface area contributed by atoms with Crippen LogP contribution in [0.2, 0.25) is 5.02 Å². The maximum atomic E-state index is 13.6. The van der Waals surface area contributed by atoms with Crippen molar-refractivity contribution in [2.75, 3.05) is 13.1 Å². The highest BCUT2D eigenvalue weighted by molar-refractivity contribution is 9.10. The smallest absolute Gasteiger partial charge is 0.271 e. The van der Waals surface area contributed by atoms with Crippen LogP contribution < -0.4 is 14.9 Å². The highest BCUT2D eigenvalue weighted by Crippen LogP contribution is 2.31. The number of thiazole rings is 1. The molecule has 5 nitrogen and oxygen atoms in total. The summed E-state index contributed by atoms with van der Waals surface area (Å²) in [6.45, 7) is 6.89. The Kier molecular flexibility index (Phi) is 7.02. The molecule has 0 unspecified atom stereocenters. The Balaban J connectivity index is 1.95. The fraction of sp³-hybridized carbons (Fsp3) is 0.240. The molecule has 4 rings (SSSR count). The average Bonchev–Trinajstić information content (AvgIpc) is 3.10. The second kappa shape index (κ2) is 9.79. The number of carbonyl (C=O) groups is 1. The summed E-state index contributed by atoms with van der Waals surface area (Å²) in [6, 6.07) is 14.5. The Morgan fingerprint density at radius 3 is 2.39 bits per heavy atom. The number of aromatic nitrogens is 1. The van der Waals surface area contributed by atoms with Gasteiger partial charge in [-0.25, -0.2) is 4.99 Å². The fourth-order valence-electron chi connectivity index (χ4n) is 3.95. The summed E-state index contributed by atoms with van der Waals surface area (Å²) in [5.41, 5.74) is 2.72. The molecule has 0 aliphatic carbocycles. The molecule has 0 N–H and O–H groups in total. The quantitative estimate of drug-likeness (QED) is 0.474. The number of hydrogen-bond acceptors (Lipinski definition) is 4. The highest BCUT2D eigenvalue weighted by Gasteiger charge is 2.34. The van der Waals surface area contributed by atoms with Crippen LogP contribution in [0.1, 0.15) is 37.9 Å². The van der Waals surface area contributed by atoms with Crippen molar-refractivity contribution in [1.82, 2.24) is 9.47 Å². The monoisotopic (exact) mass is 543 g/mol. The molecule has 0 spiro atoms. The van der Waals surface area contributed by atoms with E-state index in [0.29, 0.717) is 38.7 Å². The van der Waals surface area contributed by atoms with E-state index in [2.05, 4.69) is 20.9 Å². The van der Waals surface area contributed by atoms with Crippen LogP contribution >= 0.6 is 38.9 Å². The van der Waals surface area contributed by atoms with E-state index < -0.39 is 6.04 Å². The number of amides is 1. The van der Waals surface area contributed by atoms with E-state index >= 15 is 0 Å². The zero-order valence-electron chi connectivity index (χ0n) is 18.5. The number of rotatable bonds is 5. The number of likely N-dealkylation sites (N-methyl/N-ethyl adjacent to an activating group) is 1. The Morgan fingerprint density at radius 1 is 1.15 bits per heavy atom. The van der Waals surface area contributed by atoms with Gasteiger partial charge in [-0.1, -0.05) is 63.1 Å². The van der Waals surface area contributed by atoms with Gasteiger partial charge >= 0.3 is 0 Å². The maximum Gasteiger partial charge on any atom is 0.271 e. The zero-order chi connectivity index (χ0) is 23.7. The molecule has 0 saturated heterocycles. The van der Waals surface area contributed by atoms with Gasteiger partial charge in [0.15, 0.2) is 4.80 Å². The molecule has 2 heterocycles. The first-order chi connectivity index (χ1) is 15.8. The largest absolute Gasteiger partial charge is 0.339 e. The molecular weight excluding hydrogens is 522 g/mol. The van der Waals surface area contributed by atoms with E-state index in [1.807, 2.05) is 63.2 Å². The summed E-state index contributed by atoms with van der Waals surface area (Å²) >= 11 is 10.9. The van der Waals surface area contributed by atoms with Crippen molar-refractivity contribution in [2.45, 2.75) is 26.8 Å². The lowest BCUT2D eigenvalue weighted by Gasteiger charge is -2.29. The van der Waals surface area contributed by atoms with Gasteiger partial charge in [0.2, 0.25) is 0 Å². The summed E-state index contributed by atoms with van der Waals surface area (Å²) in [5.74, 6) is -0.108. The average molecular weight is 545 g/mol. The predicted octanol–water partition coefficient (Wildman–Crippen LogP) is 4.52. The van der Waals surface area contributed by atoms with Crippen LogP contribution in [0.3, 0.4) is 0 Å². The molecule has 1 aliphatic heterocycles. The van der Waals surface area contributed by atoms with Crippen molar-refractivity contribution in [3.8, 4) is 0 Å². The lowest BCUT2D eigenvalue weighted by Crippen LogP contribution is -2.43. The highest BCUT2D eigenvalue weighted by atomic mass is 79.9. The van der Waals surface area contributed by atoms with E-state index in [1.165, 1.54) is 11.3 Å². The van der Waals surface area contributed by atoms with Gasteiger partial charge in [0.05, 0.1) is 21.8 Å². The van der Waals surface area contributed by atoms with Crippen molar-refractivity contribution < 1.29 is 4.79 Å². The maximum absolute atomic E-state index is 13.6. The summed E-state index contributed by atoms with van der Waals surface area (Å²) in [6.07, 6.45) is 1.86. The van der Waals surface area contributed by atoms with Gasteiger partial charge in [-0.15, -0.1) is 0 Å². The molecule has 0 bridgehead atoms. The number of benzene rings is 2. The lowest BCUT2D eigenvalue weighted by atomic mass is 9.94. The van der Waals surface area contributed by atoms with Gasteiger partial charge in [-0.3, -0.25) is 14.2 Å². The molecule has 0 saturated carbocycles. The minimum atomic E-state index is -0.571. The van der Waals surface area contributed by atoms with Crippen molar-refractivity contribution in [3.63, 3.8) is 0 Å². The SMILES string of the molecule is CCN(CC)C(=O)C1=C(C)N=c2s/c(=C/c3ccc(Br)cc3)c(=O)n2[C@H]1c1ccc(Cl)cc1. The van der Waals surface area contributed by atoms with E-state index in [4.69, 9.17) is 11.6 Å². The third-order valence-electron chi connectivity index (χ3n) is 5.66. The van der Waals surface area contributed by atoms with Gasteiger partial charge in [-0.05, 0) is 62.2 Å². The van der Waals surface area contributed by atoms with Gasteiger partial charge in [0, 0.05) is 22.6 Å². The molecular formula is C25H23BrClN3O2S. The molecule has 1 aliphatic rings. The molecule has 8 heteroatoms. The molecule has 0 radical (unpaired) electrons. The number of halogens is 2. The van der Waals surface area contributed by atoms with Crippen LogP contribution in [0, 0.1) is 0 Å². The van der Waals surface area contributed by atoms with Crippen LogP contribution in [0.5, 0.6) is 0 Å². The van der Waals surface area contributed by atoms with Gasteiger partial charge < -0.3 is 4.90 Å². The Hall–Kier alpha value is -2.48. The number of nitrogens with zero attached hydrogens (tertiary/aromatic N) is 3. The fourth-order valence-corrected chi connectivity index (χ4v) is 5.38. The second-order valence-electron chi connectivity index (χ2n) is 7.66. The summed E-state index contributed by atoms with van der Waals surface area (Å²) in [7, 11) is 0. The van der Waals surface area contributed by atoms with E-state index in [9.17, 15) is 9.59 Å². The van der Waals surface area contributed by atoms with Gasteiger partial charge in [0.25, 0.3) is 11.5 Å². The number of fused-ring (bicyclic) bond motifs is 1. The van der Waals surface area contributed by atoms with Crippen LogP contribution in [-0.2, 0) is 4.79 Å². The lowest BCUT2D eigenvalue weighted by molar-refractivity contribution is -0.127. The third kappa shape index (κ3) is 4.63. The number of allylic oxidation sites excluding steroid dienone is 1. The Bertz CT molecular complexity index is 1400. The molecule has 1 amide bonds. The zero-order valence-corrected chi connectivity index (χ0v) is 21.7. The second-order valence-corrected chi connectivity index (χ2v) is 10.0. The standard InChI is InChI=1S/C25H23BrClN3O2S/c1-4-29(5-2)24(32)21-15(3)28-25-30(22(21)17-8-12-19(27)13-9-17)23(31)20(33-25)14-16-6-10-18(26)11-7-16/h6-14,22H,4-5H2,1-3H3/b20-14+/t22-/m0/s1. The molecule has 0 fully saturated rings. The number of carbonyl (C=O) groups excluding carboxylic acids is 1. The number of hydrogen-bond donors (Lipinski definition) is 0. The van der Waals surface area contributed by atoms with Crippen molar-refractivity contribution in [2.24, 2.45) is 4.99 Å². The minimum Gasteiger partial charge on any atom is -0.339 e. The topological polar surface area (TPSA) is 54.7 Å². The van der Waals surface area contributed by atoms with Crippen LogP contribution in [0.4, 0.5) is 0 Å². The summed E-state index contributed by atoms with van der Waals surface area (Å²) in [4.78, 5) is 34.2. The molecule has 1 atom stereocenters. The first-order valence-corrected chi connectivity index (χ1v) is 12.7. The van der Waals surface area contributed by atoms with Crippen LogP contribution in [-0.4, -0.2) is 28.5 Å². The van der Waals surface area contributed by atoms with E-state index in [0.717, 1.165) is 15.6 Å². The molecule has 33 heavy (non-hydrogen) atoms. The molecule has 2 aromatic carbocycles. The summed E-state index contributed by atoms with van der Waals surface area (Å²) < 4.78 is 3.18. The van der Waals surface area contributed by atoms with Crippen molar-refractivity contribution in [3.05, 3.63) is 100 Å². The molecule has 1 aromatic heterocycles. The third-order valence-corrected chi connectivity index (χ3v) is 7.42. The van der Waals surface area contributed by atoms with Crippen LogP contribution in [0.25, 0.3) is 6.08 Å². The first kappa shape index (κ1) is 23.7. The van der Waals surface area contributed by atoms with Gasteiger partial charge in [-0.2, -0.15) is 0 Å². The van der Waals surface area contributed by atoms with E-state index in [-0.39, 0.29) is 11.5 Å². The molecule has 170 valence electrons. The van der Waals surface area contributed by atoms with Crippen molar-refractivity contribution in [1.29, 1.82) is 0 Å².